The van der Waals surface area contributed by atoms with Crippen LogP contribution in [0.5, 0.6) is 0 Å². The van der Waals surface area contributed by atoms with Crippen molar-refractivity contribution in [2.75, 3.05) is 0 Å². The molecule has 0 amide bonds. The van der Waals surface area contributed by atoms with E-state index in [1.165, 1.54) is 11.8 Å². The van der Waals surface area contributed by atoms with Gasteiger partial charge in [0.1, 0.15) is 0 Å². The van der Waals surface area contributed by atoms with Crippen LogP contribution in [-0.2, 0) is 34.1 Å². The van der Waals surface area contributed by atoms with Gasteiger partial charge in [-0.1, -0.05) is 12.2 Å². The van der Waals surface area contributed by atoms with Crippen LogP contribution in [0.2, 0.25) is 0 Å². The molecule has 2 heteroatoms. The molecule has 0 atom stereocenters. The van der Waals surface area contributed by atoms with Gasteiger partial charge in [0.15, 0.2) is 0 Å². The van der Waals surface area contributed by atoms with Crippen LogP contribution >= 0.6 is 0 Å². The van der Waals surface area contributed by atoms with Gasteiger partial charge >= 0.3 is 34.1 Å². The monoisotopic (exact) mass is 396 g/mol. The molecule has 24 heavy (non-hydrogen) atoms. The maximum Gasteiger partial charge on any atom is 2.00 e. The first kappa shape index (κ1) is 24.8. The first-order valence-corrected chi connectivity index (χ1v) is 7.34. The fraction of sp³-hybridized carbons (Fsp3) is 0. The van der Waals surface area contributed by atoms with E-state index in [2.05, 4.69) is 32.3 Å². The topological polar surface area (TPSA) is 0 Å². The molecule has 0 aromatic carbocycles. The summed E-state index contributed by atoms with van der Waals surface area (Å²) in [7, 11) is 0. The molecule has 0 aliphatic heterocycles. The Labute approximate surface area is 173 Å². The normalized spacial score (nSPS) is 23.3. The minimum absolute atomic E-state index is 0. The molecule has 0 nitrogen and oxygen atoms in total. The van der Waals surface area contributed by atoms with Crippen LogP contribution < -0.4 is 0 Å². The molecule has 4 aliphatic rings. The second-order valence-electron chi connectivity index (χ2n) is 4.75. The van der Waals surface area contributed by atoms with Gasteiger partial charge in [0, 0.05) is 11.8 Å². The summed E-state index contributed by atoms with van der Waals surface area (Å²) in [5.41, 5.74) is 1.10. The zero-order chi connectivity index (χ0) is 15.5. The molecule has 0 bridgehead atoms. The summed E-state index contributed by atoms with van der Waals surface area (Å²) >= 11 is 0. The van der Waals surface area contributed by atoms with Crippen molar-refractivity contribution in [2.24, 2.45) is 0 Å². The predicted octanol–water partition coefficient (Wildman–Crippen LogP) is 4.39. The van der Waals surface area contributed by atoms with Crippen LogP contribution in [0.4, 0.5) is 0 Å². The van der Waals surface area contributed by atoms with E-state index in [9.17, 15) is 0 Å². The number of allylic oxidation sites excluding steroid dienone is 1. The molecule has 0 heterocycles. The Morgan fingerprint density at radius 2 is 0.625 bits per heavy atom. The maximum absolute atomic E-state index is 4.04. The molecule has 4 rings (SSSR count). The Morgan fingerprint density at radius 1 is 0.417 bits per heavy atom. The largest absolute Gasteiger partial charge is 2.00 e. The standard InChI is InChI=1S/C12H10.2C5H5.2Fe/c1-10(11-6-2-3-7-11)12-8-4-5-9-12;2*1-2-4-5-3-1;;/h2-9H,1H2;2*1-5H;;/q;;;2*+2. The molecule has 0 aromatic heterocycles. The third kappa shape index (κ3) is 10.1. The van der Waals surface area contributed by atoms with Crippen LogP contribution in [0.15, 0.2) is 12.2 Å². The Balaban J connectivity index is 0.000000370. The van der Waals surface area contributed by atoms with Crippen molar-refractivity contribution < 1.29 is 34.1 Å². The van der Waals surface area contributed by atoms with Crippen LogP contribution in [0.3, 0.4) is 0 Å². The van der Waals surface area contributed by atoms with Crippen molar-refractivity contribution in [3.63, 3.8) is 0 Å². The summed E-state index contributed by atoms with van der Waals surface area (Å²) in [6, 6.07) is 0. The number of hydrogen-bond donors (Lipinski definition) is 0. The molecule has 0 spiro atoms. The van der Waals surface area contributed by atoms with Crippen molar-refractivity contribution >= 4 is 0 Å². The molecular formula is C22H20Fe2+4. The SMILES string of the molecule is C=C([C]1[CH][CH][CH][CH]1)[C]1[CH][CH][CH][CH]1.[CH]1[CH][CH][CH][CH]1.[CH]1[CH][CH][CH][CH]1.[Fe+2].[Fe+2]. The summed E-state index contributed by atoms with van der Waals surface area (Å²) in [6.07, 6.45) is 36.4. The maximum atomic E-state index is 4.04. The second-order valence-corrected chi connectivity index (χ2v) is 4.75. The minimum Gasteiger partial charge on any atom is -0.0986 e. The molecule has 0 unspecified atom stereocenters. The van der Waals surface area contributed by atoms with Crippen LogP contribution in [0, 0.1) is 127 Å². The fourth-order valence-corrected chi connectivity index (χ4v) is 1.96. The predicted molar refractivity (Wildman–Crippen MR) is 93.0 cm³/mol. The zero-order valence-electron chi connectivity index (χ0n) is 13.3. The van der Waals surface area contributed by atoms with Crippen molar-refractivity contribution in [1.29, 1.82) is 0 Å². The Hall–Kier alpha value is 0.779. The second kappa shape index (κ2) is 16.0. The Bertz CT molecular complexity index is 237. The zero-order valence-corrected chi connectivity index (χ0v) is 15.5. The van der Waals surface area contributed by atoms with Gasteiger partial charge in [-0.2, -0.15) is 0 Å². The molecule has 0 aromatic rings. The first-order valence-electron chi connectivity index (χ1n) is 7.34. The van der Waals surface area contributed by atoms with E-state index in [1.807, 2.05) is 89.9 Å². The van der Waals surface area contributed by atoms with Gasteiger partial charge in [0.2, 0.25) is 0 Å². The van der Waals surface area contributed by atoms with Crippen molar-refractivity contribution in [3.05, 3.63) is 140 Å². The number of rotatable bonds is 2. The average Bonchev–Trinajstić information content (AvgIpc) is 3.42. The van der Waals surface area contributed by atoms with Gasteiger partial charge in [-0.05, 0) is 116 Å². The quantitative estimate of drug-likeness (QED) is 0.608. The molecule has 4 aliphatic carbocycles. The molecule has 0 N–H and O–H groups in total. The smallest absolute Gasteiger partial charge is 0.0986 e. The van der Waals surface area contributed by atoms with Crippen molar-refractivity contribution in [1.82, 2.24) is 0 Å². The van der Waals surface area contributed by atoms with E-state index in [0.717, 1.165) is 5.57 Å². The molecule has 4 saturated carbocycles. The van der Waals surface area contributed by atoms with E-state index in [4.69, 9.17) is 0 Å². The summed E-state index contributed by atoms with van der Waals surface area (Å²) in [6.45, 7) is 4.04. The molecule has 120 valence electrons. The van der Waals surface area contributed by atoms with Crippen LogP contribution in [-0.4, -0.2) is 0 Å². The summed E-state index contributed by atoms with van der Waals surface area (Å²) in [4.78, 5) is 0. The summed E-state index contributed by atoms with van der Waals surface area (Å²) in [5, 5.41) is 0. The molecule has 20 radical (unpaired) electrons. The Kier molecular flexibility index (Phi) is 16.5. The van der Waals surface area contributed by atoms with E-state index in [0.29, 0.717) is 0 Å². The summed E-state index contributed by atoms with van der Waals surface area (Å²) in [5.74, 6) is 2.42. The minimum atomic E-state index is 0. The third-order valence-corrected chi connectivity index (χ3v) is 3.13. The average molecular weight is 396 g/mol. The summed E-state index contributed by atoms with van der Waals surface area (Å²) < 4.78 is 0. The van der Waals surface area contributed by atoms with Gasteiger partial charge in [-0.15, -0.1) is 0 Å². The van der Waals surface area contributed by atoms with Gasteiger partial charge < -0.3 is 0 Å². The Morgan fingerprint density at radius 3 is 0.833 bits per heavy atom. The van der Waals surface area contributed by atoms with Crippen molar-refractivity contribution in [2.45, 2.75) is 0 Å². The van der Waals surface area contributed by atoms with E-state index < -0.39 is 0 Å². The van der Waals surface area contributed by atoms with Crippen LogP contribution in [0.1, 0.15) is 0 Å². The van der Waals surface area contributed by atoms with Crippen molar-refractivity contribution in [3.8, 4) is 0 Å². The fourth-order valence-electron chi connectivity index (χ4n) is 1.96. The van der Waals surface area contributed by atoms with Crippen LogP contribution in [0.25, 0.3) is 0 Å². The van der Waals surface area contributed by atoms with Gasteiger partial charge in [0.05, 0.1) is 0 Å². The van der Waals surface area contributed by atoms with Gasteiger partial charge in [-0.25, -0.2) is 0 Å². The first-order chi connectivity index (χ1) is 10.9. The van der Waals surface area contributed by atoms with E-state index in [1.54, 1.807) is 0 Å². The molecular weight excluding hydrogens is 376 g/mol. The van der Waals surface area contributed by atoms with Gasteiger partial charge in [0.25, 0.3) is 0 Å². The van der Waals surface area contributed by atoms with Gasteiger partial charge in [-0.3, -0.25) is 0 Å². The molecule has 4 fully saturated rings. The van der Waals surface area contributed by atoms with E-state index >= 15 is 0 Å². The molecule has 0 saturated heterocycles. The van der Waals surface area contributed by atoms with E-state index in [-0.39, 0.29) is 34.1 Å². The third-order valence-electron chi connectivity index (χ3n) is 3.13. The number of hydrogen-bond acceptors (Lipinski definition) is 0.